The Kier molecular flexibility index (Phi) is 8.78. The molecule has 0 unspecified atom stereocenters. The number of carbonyl (C=O) groups excluding carboxylic acids is 3. The van der Waals surface area contributed by atoms with E-state index in [2.05, 4.69) is 6.92 Å². The quantitative estimate of drug-likeness (QED) is 0.603. The molecule has 0 atom stereocenters. The molecule has 1 saturated heterocycles. The minimum Gasteiger partial charge on any atom is -0.484 e. The van der Waals surface area contributed by atoms with Gasteiger partial charge in [-0.1, -0.05) is 25.5 Å². The van der Waals surface area contributed by atoms with Gasteiger partial charge in [0.25, 0.3) is 5.91 Å². The molecule has 0 bridgehead atoms. The molecule has 0 saturated carbocycles. The maximum atomic E-state index is 12.3. The number of ether oxygens (including phenoxy) is 2. The number of carbonyl (C=O) groups is 3. The van der Waals surface area contributed by atoms with Crippen LogP contribution in [0.3, 0.4) is 0 Å². The molecule has 7 nitrogen and oxygen atoms in total. The van der Waals surface area contributed by atoms with Crippen molar-refractivity contribution < 1.29 is 23.9 Å². The lowest BCUT2D eigenvalue weighted by molar-refractivity contribution is -0.146. The Bertz CT molecular complexity index is 651. The maximum absolute atomic E-state index is 12.3. The molecule has 0 aromatic heterocycles. The van der Waals surface area contributed by atoms with Gasteiger partial charge in [-0.15, -0.1) is 0 Å². The monoisotopic (exact) mass is 390 g/mol. The summed E-state index contributed by atoms with van der Waals surface area (Å²) >= 11 is 0. The van der Waals surface area contributed by atoms with Gasteiger partial charge in [-0.3, -0.25) is 14.4 Å². The SMILES string of the molecule is CCCc1ccc(OCC(=O)N2CCN(C(=O)CCC(=O)OCC)CC2)cc1. The van der Waals surface area contributed by atoms with Crippen molar-refractivity contribution in [1.82, 2.24) is 9.80 Å². The lowest BCUT2D eigenvalue weighted by Gasteiger charge is -2.34. The molecule has 2 rings (SSSR count). The van der Waals surface area contributed by atoms with E-state index in [1.165, 1.54) is 5.56 Å². The molecule has 1 aromatic carbocycles. The maximum Gasteiger partial charge on any atom is 0.306 e. The normalized spacial score (nSPS) is 13.9. The highest BCUT2D eigenvalue weighted by molar-refractivity contribution is 5.82. The first-order valence-corrected chi connectivity index (χ1v) is 9.96. The van der Waals surface area contributed by atoms with E-state index in [4.69, 9.17) is 9.47 Å². The number of esters is 1. The topological polar surface area (TPSA) is 76.2 Å². The number of rotatable bonds is 9. The van der Waals surface area contributed by atoms with Crippen LogP contribution in [0.4, 0.5) is 0 Å². The van der Waals surface area contributed by atoms with Crippen molar-refractivity contribution in [2.45, 2.75) is 39.5 Å². The minimum absolute atomic E-state index is 0.00999. The molecule has 1 aliphatic heterocycles. The number of hydrogen-bond acceptors (Lipinski definition) is 5. The van der Waals surface area contributed by atoms with E-state index in [-0.39, 0.29) is 37.2 Å². The average Bonchev–Trinajstić information content (AvgIpc) is 2.72. The molecule has 1 fully saturated rings. The van der Waals surface area contributed by atoms with E-state index in [0.717, 1.165) is 12.8 Å². The van der Waals surface area contributed by atoms with Gasteiger partial charge < -0.3 is 19.3 Å². The second-order valence-corrected chi connectivity index (χ2v) is 6.75. The molecular weight excluding hydrogens is 360 g/mol. The van der Waals surface area contributed by atoms with E-state index in [9.17, 15) is 14.4 Å². The molecule has 0 aliphatic carbocycles. The Morgan fingerprint density at radius 1 is 0.893 bits per heavy atom. The van der Waals surface area contributed by atoms with Crippen molar-refractivity contribution >= 4 is 17.8 Å². The average molecular weight is 390 g/mol. The fourth-order valence-electron chi connectivity index (χ4n) is 3.08. The van der Waals surface area contributed by atoms with Crippen molar-refractivity contribution in [2.75, 3.05) is 39.4 Å². The van der Waals surface area contributed by atoms with Crippen LogP contribution in [0.25, 0.3) is 0 Å². The van der Waals surface area contributed by atoms with Crippen LogP contribution in [0.15, 0.2) is 24.3 Å². The Morgan fingerprint density at radius 2 is 1.50 bits per heavy atom. The van der Waals surface area contributed by atoms with Crippen LogP contribution in [0.2, 0.25) is 0 Å². The number of aryl methyl sites for hydroxylation is 1. The highest BCUT2D eigenvalue weighted by Crippen LogP contribution is 2.14. The number of nitrogens with zero attached hydrogens (tertiary/aromatic N) is 2. The van der Waals surface area contributed by atoms with Gasteiger partial charge in [-0.2, -0.15) is 0 Å². The number of piperazine rings is 1. The fourth-order valence-corrected chi connectivity index (χ4v) is 3.08. The molecule has 28 heavy (non-hydrogen) atoms. The van der Waals surface area contributed by atoms with E-state index in [1.807, 2.05) is 24.3 Å². The summed E-state index contributed by atoms with van der Waals surface area (Å²) < 4.78 is 10.4. The Balaban J connectivity index is 1.69. The van der Waals surface area contributed by atoms with Crippen LogP contribution < -0.4 is 4.74 Å². The second-order valence-electron chi connectivity index (χ2n) is 6.75. The van der Waals surface area contributed by atoms with Crippen LogP contribution in [-0.4, -0.2) is 67.0 Å². The van der Waals surface area contributed by atoms with Gasteiger partial charge in [0.1, 0.15) is 5.75 Å². The first kappa shape index (κ1) is 21.7. The third-order valence-corrected chi connectivity index (χ3v) is 4.66. The standard InChI is InChI=1S/C21H30N2O5/c1-3-5-17-6-8-18(9-7-17)28-16-20(25)23-14-12-22(13-15-23)19(24)10-11-21(26)27-4-2/h6-9H,3-5,10-16H2,1-2H3. The summed E-state index contributed by atoms with van der Waals surface area (Å²) in [5, 5.41) is 0. The van der Waals surface area contributed by atoms with Crippen molar-refractivity contribution in [1.29, 1.82) is 0 Å². The molecule has 1 aromatic rings. The summed E-state index contributed by atoms with van der Waals surface area (Å²) in [4.78, 5) is 39.3. The molecular formula is C21H30N2O5. The summed E-state index contributed by atoms with van der Waals surface area (Å²) in [6.45, 7) is 6.07. The molecule has 2 amide bonds. The summed E-state index contributed by atoms with van der Waals surface area (Å²) in [5.74, 6) is 0.158. The number of amides is 2. The second kappa shape index (κ2) is 11.3. The molecule has 1 aliphatic rings. The van der Waals surface area contributed by atoms with Crippen molar-refractivity contribution in [3.8, 4) is 5.75 Å². The van der Waals surface area contributed by atoms with Crippen molar-refractivity contribution in [3.63, 3.8) is 0 Å². The van der Waals surface area contributed by atoms with E-state index >= 15 is 0 Å². The molecule has 1 heterocycles. The van der Waals surface area contributed by atoms with Crippen LogP contribution >= 0.6 is 0 Å². The van der Waals surface area contributed by atoms with Gasteiger partial charge in [0.05, 0.1) is 13.0 Å². The lowest BCUT2D eigenvalue weighted by atomic mass is 10.1. The van der Waals surface area contributed by atoms with E-state index < -0.39 is 0 Å². The van der Waals surface area contributed by atoms with Crippen LogP contribution in [-0.2, 0) is 25.5 Å². The Labute approximate surface area is 166 Å². The summed E-state index contributed by atoms with van der Waals surface area (Å²) in [6.07, 6.45) is 2.36. The summed E-state index contributed by atoms with van der Waals surface area (Å²) in [7, 11) is 0. The zero-order valence-corrected chi connectivity index (χ0v) is 16.8. The van der Waals surface area contributed by atoms with Gasteiger partial charge in [-0.25, -0.2) is 0 Å². The molecule has 0 N–H and O–H groups in total. The number of benzene rings is 1. The first-order chi connectivity index (χ1) is 13.5. The van der Waals surface area contributed by atoms with E-state index in [0.29, 0.717) is 38.5 Å². The lowest BCUT2D eigenvalue weighted by Crippen LogP contribution is -2.51. The third kappa shape index (κ3) is 6.87. The van der Waals surface area contributed by atoms with Gasteiger partial charge in [-0.05, 0) is 31.0 Å². The zero-order chi connectivity index (χ0) is 20.4. The van der Waals surface area contributed by atoms with Crippen LogP contribution in [0, 0.1) is 0 Å². The van der Waals surface area contributed by atoms with Gasteiger partial charge in [0.2, 0.25) is 5.91 Å². The number of hydrogen-bond donors (Lipinski definition) is 0. The van der Waals surface area contributed by atoms with Crippen LogP contribution in [0.1, 0.15) is 38.7 Å². The third-order valence-electron chi connectivity index (χ3n) is 4.66. The van der Waals surface area contributed by atoms with Crippen molar-refractivity contribution in [3.05, 3.63) is 29.8 Å². The van der Waals surface area contributed by atoms with Gasteiger partial charge >= 0.3 is 5.97 Å². The first-order valence-electron chi connectivity index (χ1n) is 9.96. The highest BCUT2D eigenvalue weighted by atomic mass is 16.5. The molecule has 154 valence electrons. The van der Waals surface area contributed by atoms with Crippen molar-refractivity contribution in [2.24, 2.45) is 0 Å². The Morgan fingerprint density at radius 3 is 2.07 bits per heavy atom. The molecule has 7 heteroatoms. The largest absolute Gasteiger partial charge is 0.484 e. The van der Waals surface area contributed by atoms with Gasteiger partial charge in [0.15, 0.2) is 6.61 Å². The smallest absolute Gasteiger partial charge is 0.306 e. The fraction of sp³-hybridized carbons (Fsp3) is 0.571. The predicted octanol–water partition coefficient (Wildman–Crippen LogP) is 2.03. The summed E-state index contributed by atoms with van der Waals surface area (Å²) in [5.41, 5.74) is 1.25. The zero-order valence-electron chi connectivity index (χ0n) is 16.8. The molecule has 0 radical (unpaired) electrons. The highest BCUT2D eigenvalue weighted by Gasteiger charge is 2.24. The van der Waals surface area contributed by atoms with Crippen LogP contribution in [0.5, 0.6) is 5.75 Å². The molecule has 0 spiro atoms. The summed E-state index contributed by atoms with van der Waals surface area (Å²) in [6, 6.07) is 7.81. The van der Waals surface area contributed by atoms with Gasteiger partial charge in [0, 0.05) is 32.6 Å². The minimum atomic E-state index is -0.357. The predicted molar refractivity (Wildman–Crippen MR) is 105 cm³/mol. The van der Waals surface area contributed by atoms with E-state index in [1.54, 1.807) is 16.7 Å². The Hall–Kier alpha value is -2.57.